The van der Waals surface area contributed by atoms with Gasteiger partial charge < -0.3 is 15.0 Å². The van der Waals surface area contributed by atoms with Crippen LogP contribution >= 0.6 is 0 Å². The van der Waals surface area contributed by atoms with E-state index in [0.717, 1.165) is 84.6 Å². The molecule has 0 radical (unpaired) electrons. The number of ether oxygens (including phenoxy) is 1. The SMILES string of the molecule is Cc1n[nH]c2ncc(CN3CCc4ccc(C(=O)Nc5cc(OCCN6CCCC6)cc(C(F)(F)F)c5)cc43)cc12. The van der Waals surface area contributed by atoms with Crippen LogP contribution in [0.3, 0.4) is 0 Å². The topological polar surface area (TPSA) is 86.4 Å². The molecule has 0 spiro atoms. The smallest absolute Gasteiger partial charge is 0.416 e. The molecule has 0 bridgehead atoms. The van der Waals surface area contributed by atoms with Gasteiger partial charge in [0.2, 0.25) is 0 Å². The van der Waals surface area contributed by atoms with Crippen molar-refractivity contribution in [2.24, 2.45) is 0 Å². The minimum atomic E-state index is -4.57. The van der Waals surface area contributed by atoms with Gasteiger partial charge in [-0.25, -0.2) is 4.98 Å². The van der Waals surface area contributed by atoms with Crippen molar-refractivity contribution in [3.8, 4) is 5.75 Å². The Labute approximate surface area is 235 Å². The number of amides is 1. The Hall–Kier alpha value is -4.12. The summed E-state index contributed by atoms with van der Waals surface area (Å²) < 4.78 is 46.6. The molecule has 0 aliphatic carbocycles. The second-order valence-corrected chi connectivity index (χ2v) is 10.7. The average Bonchev–Trinajstić information content (AvgIpc) is 3.69. The normalized spacial score (nSPS) is 15.5. The van der Waals surface area contributed by atoms with Gasteiger partial charge in [-0.2, -0.15) is 18.3 Å². The number of rotatable bonds is 8. The fourth-order valence-electron chi connectivity index (χ4n) is 5.55. The van der Waals surface area contributed by atoms with Crippen molar-refractivity contribution >= 4 is 28.3 Å². The number of nitrogens with one attached hydrogen (secondary N) is 2. The lowest BCUT2D eigenvalue weighted by molar-refractivity contribution is -0.137. The monoisotopic (exact) mass is 564 g/mol. The standard InChI is InChI=1S/C30H31F3N6O2/c1-19-26-12-20(17-34-28(26)37-36-19)18-39-9-6-21-4-5-22(13-27(21)39)29(40)35-24-14-23(30(31,32)33)15-25(16-24)41-11-10-38-7-2-3-8-38/h4-5,12-17H,2-3,6-11,18H2,1H3,(H,35,40)(H,34,36,37). The van der Waals surface area contributed by atoms with Gasteiger partial charge in [0.05, 0.1) is 11.3 Å². The van der Waals surface area contributed by atoms with Crippen molar-refractivity contribution < 1.29 is 22.7 Å². The second kappa shape index (κ2) is 11.0. The van der Waals surface area contributed by atoms with E-state index >= 15 is 0 Å². The quantitative estimate of drug-likeness (QED) is 0.291. The van der Waals surface area contributed by atoms with Gasteiger partial charge in [0.1, 0.15) is 12.4 Å². The van der Waals surface area contributed by atoms with Crippen LogP contribution < -0.4 is 15.0 Å². The van der Waals surface area contributed by atoms with Gasteiger partial charge in [0.25, 0.3) is 5.91 Å². The lowest BCUT2D eigenvalue weighted by Gasteiger charge is -2.20. The zero-order valence-corrected chi connectivity index (χ0v) is 22.7. The van der Waals surface area contributed by atoms with Crippen molar-refractivity contribution in [2.75, 3.05) is 43.0 Å². The molecular formula is C30H31F3N6O2. The van der Waals surface area contributed by atoms with E-state index in [0.29, 0.717) is 18.7 Å². The number of halogens is 3. The van der Waals surface area contributed by atoms with E-state index in [4.69, 9.17) is 4.74 Å². The van der Waals surface area contributed by atoms with Crippen LogP contribution in [0.5, 0.6) is 5.75 Å². The highest BCUT2D eigenvalue weighted by molar-refractivity contribution is 6.05. The van der Waals surface area contributed by atoms with E-state index in [-0.39, 0.29) is 18.0 Å². The van der Waals surface area contributed by atoms with Crippen molar-refractivity contribution in [1.29, 1.82) is 0 Å². The number of aromatic nitrogens is 3. The fraction of sp³-hybridized carbons (Fsp3) is 0.367. The summed E-state index contributed by atoms with van der Waals surface area (Å²) in [4.78, 5) is 22.1. The Balaban J connectivity index is 1.18. The van der Waals surface area contributed by atoms with Crippen molar-refractivity contribution in [3.63, 3.8) is 0 Å². The number of aryl methyl sites for hydroxylation is 1. The zero-order valence-electron chi connectivity index (χ0n) is 22.7. The summed E-state index contributed by atoms with van der Waals surface area (Å²) >= 11 is 0. The predicted molar refractivity (Wildman–Crippen MR) is 150 cm³/mol. The third kappa shape index (κ3) is 6.00. The number of alkyl halides is 3. The van der Waals surface area contributed by atoms with Gasteiger partial charge in [-0.15, -0.1) is 0 Å². The van der Waals surface area contributed by atoms with Crippen LogP contribution in [0.4, 0.5) is 24.5 Å². The summed E-state index contributed by atoms with van der Waals surface area (Å²) in [5.41, 5.74) is 4.21. The van der Waals surface area contributed by atoms with Gasteiger partial charge in [-0.3, -0.25) is 14.8 Å². The lowest BCUT2D eigenvalue weighted by Crippen LogP contribution is -2.25. The van der Waals surface area contributed by atoms with Crippen LogP contribution in [-0.2, 0) is 19.1 Å². The summed E-state index contributed by atoms with van der Waals surface area (Å²) in [6, 6.07) is 10.8. The van der Waals surface area contributed by atoms with E-state index in [1.165, 1.54) is 6.07 Å². The summed E-state index contributed by atoms with van der Waals surface area (Å²) in [6.45, 7) is 6.19. The molecule has 2 aromatic heterocycles. The Morgan fingerprint density at radius 3 is 2.73 bits per heavy atom. The van der Waals surface area contributed by atoms with E-state index in [1.54, 1.807) is 12.1 Å². The van der Waals surface area contributed by atoms with Crippen molar-refractivity contribution in [2.45, 2.75) is 38.9 Å². The zero-order chi connectivity index (χ0) is 28.6. The third-order valence-corrected chi connectivity index (χ3v) is 7.74. The molecule has 0 saturated carbocycles. The maximum absolute atomic E-state index is 13.6. The van der Waals surface area contributed by atoms with Gasteiger partial charge in [0.15, 0.2) is 5.65 Å². The summed E-state index contributed by atoms with van der Waals surface area (Å²) in [6.07, 6.45) is 0.321. The number of carbonyl (C=O) groups excluding carboxylic acids is 1. The van der Waals surface area contributed by atoms with Crippen LogP contribution in [0.25, 0.3) is 11.0 Å². The van der Waals surface area contributed by atoms with Crippen LogP contribution in [0.1, 0.15) is 45.6 Å². The highest BCUT2D eigenvalue weighted by Gasteiger charge is 2.32. The summed E-state index contributed by atoms with van der Waals surface area (Å²) in [7, 11) is 0. The maximum Gasteiger partial charge on any atom is 0.416 e. The molecule has 2 aliphatic rings. The number of fused-ring (bicyclic) bond motifs is 2. The lowest BCUT2D eigenvalue weighted by atomic mass is 10.1. The first-order valence-electron chi connectivity index (χ1n) is 13.8. The number of carbonyl (C=O) groups is 1. The first-order chi connectivity index (χ1) is 19.7. The first kappa shape index (κ1) is 27.1. The third-order valence-electron chi connectivity index (χ3n) is 7.74. The number of pyridine rings is 1. The minimum Gasteiger partial charge on any atom is -0.492 e. The number of likely N-dealkylation sites (tertiary alicyclic amines) is 1. The number of nitrogens with zero attached hydrogens (tertiary/aromatic N) is 4. The first-order valence-corrected chi connectivity index (χ1v) is 13.8. The molecule has 2 aliphatic heterocycles. The molecule has 4 heterocycles. The predicted octanol–water partition coefficient (Wildman–Crippen LogP) is 5.57. The molecule has 214 valence electrons. The van der Waals surface area contributed by atoms with Crippen LogP contribution in [0.2, 0.25) is 0 Å². The number of aromatic amines is 1. The molecule has 1 fully saturated rings. The largest absolute Gasteiger partial charge is 0.492 e. The molecule has 0 unspecified atom stereocenters. The van der Waals surface area contributed by atoms with E-state index < -0.39 is 17.6 Å². The minimum absolute atomic E-state index is 0.0354. The van der Waals surface area contributed by atoms with Crippen molar-refractivity contribution in [1.82, 2.24) is 20.1 Å². The van der Waals surface area contributed by atoms with Gasteiger partial charge >= 0.3 is 6.18 Å². The fourth-order valence-corrected chi connectivity index (χ4v) is 5.55. The maximum atomic E-state index is 13.6. The average molecular weight is 565 g/mol. The van der Waals surface area contributed by atoms with Gasteiger partial charge in [-0.1, -0.05) is 6.07 Å². The molecular weight excluding hydrogens is 533 g/mol. The summed E-state index contributed by atoms with van der Waals surface area (Å²) in [5, 5.41) is 10.7. The van der Waals surface area contributed by atoms with Crippen molar-refractivity contribution in [3.05, 3.63) is 76.6 Å². The van der Waals surface area contributed by atoms with Gasteiger partial charge in [0, 0.05) is 54.2 Å². The second-order valence-electron chi connectivity index (χ2n) is 10.7. The number of anilines is 2. The van der Waals surface area contributed by atoms with Crippen LogP contribution in [-0.4, -0.2) is 58.8 Å². The molecule has 2 N–H and O–H groups in total. The van der Waals surface area contributed by atoms with E-state index in [1.807, 2.05) is 19.2 Å². The molecule has 8 nitrogen and oxygen atoms in total. The molecule has 41 heavy (non-hydrogen) atoms. The Kier molecular flexibility index (Phi) is 7.29. The molecule has 11 heteroatoms. The number of H-pyrrole nitrogens is 1. The van der Waals surface area contributed by atoms with E-state index in [2.05, 4.69) is 36.4 Å². The molecule has 1 amide bonds. The molecule has 0 atom stereocenters. The number of hydrogen-bond donors (Lipinski definition) is 2. The Morgan fingerprint density at radius 2 is 1.93 bits per heavy atom. The summed E-state index contributed by atoms with van der Waals surface area (Å²) in [5.74, 6) is -0.410. The Bertz CT molecular complexity index is 1580. The molecule has 4 aromatic rings. The van der Waals surface area contributed by atoms with Crippen LogP contribution in [0, 0.1) is 6.92 Å². The molecule has 6 rings (SSSR count). The number of hydrogen-bond acceptors (Lipinski definition) is 6. The van der Waals surface area contributed by atoms with Gasteiger partial charge in [-0.05, 0) is 80.7 Å². The molecule has 1 saturated heterocycles. The highest BCUT2D eigenvalue weighted by Crippen LogP contribution is 2.35. The van der Waals surface area contributed by atoms with Crippen LogP contribution in [0.15, 0.2) is 48.7 Å². The Morgan fingerprint density at radius 1 is 1.10 bits per heavy atom. The highest BCUT2D eigenvalue weighted by atomic mass is 19.4. The molecule has 2 aromatic carbocycles. The number of benzene rings is 2. The van der Waals surface area contributed by atoms with E-state index in [9.17, 15) is 18.0 Å².